The number of benzene rings is 1. The number of hydrogen-bond donors (Lipinski definition) is 2. The topological polar surface area (TPSA) is 66.0 Å². The monoisotopic (exact) mass is 262 g/mol. The Morgan fingerprint density at radius 3 is 2.58 bits per heavy atom. The van der Waals surface area contributed by atoms with Crippen LogP contribution in [0, 0.1) is 12.7 Å². The molecule has 1 heterocycles. The summed E-state index contributed by atoms with van der Waals surface area (Å²) < 4.78 is 13.3. The number of H-pyrrole nitrogens is 1. The van der Waals surface area contributed by atoms with Crippen LogP contribution in [0.5, 0.6) is 5.75 Å². The Morgan fingerprint density at radius 2 is 2.05 bits per heavy atom. The van der Waals surface area contributed by atoms with Gasteiger partial charge in [-0.1, -0.05) is 13.8 Å². The third kappa shape index (κ3) is 2.50. The zero-order valence-electron chi connectivity index (χ0n) is 11.0. The van der Waals surface area contributed by atoms with Crippen molar-refractivity contribution in [3.8, 4) is 17.1 Å². The number of aromatic nitrogens is 2. The highest BCUT2D eigenvalue weighted by molar-refractivity contribution is 5.56. The maximum atomic E-state index is 13.3. The first-order valence-electron chi connectivity index (χ1n) is 6.00. The summed E-state index contributed by atoms with van der Waals surface area (Å²) in [4.78, 5) is 18.9. The van der Waals surface area contributed by atoms with Gasteiger partial charge in [0, 0.05) is 16.8 Å². The minimum Gasteiger partial charge on any atom is -0.505 e. The second-order valence-electron chi connectivity index (χ2n) is 4.73. The van der Waals surface area contributed by atoms with Gasteiger partial charge in [-0.3, -0.25) is 4.79 Å². The maximum absolute atomic E-state index is 13.3. The van der Waals surface area contributed by atoms with Gasteiger partial charge in [0.1, 0.15) is 5.82 Å². The van der Waals surface area contributed by atoms with E-state index in [4.69, 9.17) is 5.11 Å². The lowest BCUT2D eigenvalue weighted by Gasteiger charge is -2.10. The van der Waals surface area contributed by atoms with Crippen LogP contribution in [-0.2, 0) is 0 Å². The molecule has 2 N–H and O–H groups in total. The molecule has 5 heteroatoms. The highest BCUT2D eigenvalue weighted by atomic mass is 19.1. The fraction of sp³-hybridized carbons (Fsp3) is 0.286. The fourth-order valence-corrected chi connectivity index (χ4v) is 2.07. The van der Waals surface area contributed by atoms with Crippen LogP contribution >= 0.6 is 0 Å². The molecule has 0 radical (unpaired) electrons. The number of aryl methyl sites for hydroxylation is 1. The average molecular weight is 262 g/mol. The van der Waals surface area contributed by atoms with Crippen molar-refractivity contribution >= 4 is 0 Å². The van der Waals surface area contributed by atoms with E-state index in [1.54, 1.807) is 6.92 Å². The predicted octanol–water partition coefficient (Wildman–Crippen LogP) is 2.71. The van der Waals surface area contributed by atoms with E-state index in [-0.39, 0.29) is 11.5 Å². The molecule has 4 nitrogen and oxygen atoms in total. The van der Waals surface area contributed by atoms with Crippen molar-refractivity contribution in [3.63, 3.8) is 0 Å². The molecule has 0 unspecified atom stereocenters. The first-order chi connectivity index (χ1) is 8.90. The van der Waals surface area contributed by atoms with Crippen molar-refractivity contribution < 1.29 is 9.50 Å². The van der Waals surface area contributed by atoms with Gasteiger partial charge in [-0.2, -0.15) is 0 Å². The van der Waals surface area contributed by atoms with Crippen LogP contribution in [0.3, 0.4) is 0 Å². The maximum Gasteiger partial charge on any atom is 0.254 e. The molecule has 0 amide bonds. The number of rotatable bonds is 2. The highest BCUT2D eigenvalue weighted by Gasteiger charge is 2.13. The quantitative estimate of drug-likeness (QED) is 0.874. The third-order valence-electron chi connectivity index (χ3n) is 2.94. The second kappa shape index (κ2) is 4.84. The van der Waals surface area contributed by atoms with E-state index >= 15 is 0 Å². The van der Waals surface area contributed by atoms with Crippen molar-refractivity contribution in [1.29, 1.82) is 0 Å². The van der Waals surface area contributed by atoms with E-state index in [9.17, 15) is 9.18 Å². The molecule has 1 aromatic carbocycles. The summed E-state index contributed by atoms with van der Waals surface area (Å²) in [6.45, 7) is 5.59. The molecular formula is C14H15FN2O2. The Labute approximate surface area is 110 Å². The summed E-state index contributed by atoms with van der Waals surface area (Å²) in [5.41, 5.74) is 1.46. The molecule has 0 bridgehead atoms. The van der Waals surface area contributed by atoms with E-state index in [0.717, 1.165) is 6.07 Å². The van der Waals surface area contributed by atoms with Gasteiger partial charge in [0.05, 0.1) is 0 Å². The first kappa shape index (κ1) is 13.3. The molecule has 0 saturated carbocycles. The standard InChI is InChI=1S/C14H15FN2O2/c1-7(2)12-8(3)16-13(17-14(12)19)9-4-5-11(18)10(15)6-9/h4-7,18H,1-3H3,(H,16,17,19). The second-order valence-corrected chi connectivity index (χ2v) is 4.73. The van der Waals surface area contributed by atoms with E-state index in [1.807, 2.05) is 13.8 Å². The van der Waals surface area contributed by atoms with Gasteiger partial charge in [0.2, 0.25) is 0 Å². The summed E-state index contributed by atoms with van der Waals surface area (Å²) in [5, 5.41) is 9.15. The van der Waals surface area contributed by atoms with Crippen molar-refractivity contribution in [2.24, 2.45) is 0 Å². The van der Waals surface area contributed by atoms with Gasteiger partial charge in [0.25, 0.3) is 5.56 Å². The molecule has 0 fully saturated rings. The summed E-state index contributed by atoms with van der Waals surface area (Å²) in [6.07, 6.45) is 0. The molecule has 2 aromatic rings. The molecular weight excluding hydrogens is 247 g/mol. The van der Waals surface area contributed by atoms with Crippen molar-refractivity contribution in [1.82, 2.24) is 9.97 Å². The number of halogens is 1. The first-order valence-corrected chi connectivity index (χ1v) is 6.00. The third-order valence-corrected chi connectivity index (χ3v) is 2.94. The van der Waals surface area contributed by atoms with Crippen LogP contribution in [0.4, 0.5) is 4.39 Å². The van der Waals surface area contributed by atoms with Gasteiger partial charge in [0.15, 0.2) is 11.6 Å². The number of phenolic OH excluding ortho intramolecular Hbond substituents is 1. The smallest absolute Gasteiger partial charge is 0.254 e. The number of aromatic hydroxyl groups is 1. The number of nitrogens with zero attached hydrogens (tertiary/aromatic N) is 1. The molecule has 19 heavy (non-hydrogen) atoms. The molecule has 0 saturated heterocycles. The van der Waals surface area contributed by atoms with Crippen LogP contribution in [-0.4, -0.2) is 15.1 Å². The van der Waals surface area contributed by atoms with Crippen LogP contribution in [0.15, 0.2) is 23.0 Å². The summed E-state index contributed by atoms with van der Waals surface area (Å²) in [6, 6.07) is 3.88. The number of phenols is 1. The van der Waals surface area contributed by atoms with Gasteiger partial charge in [-0.15, -0.1) is 0 Å². The lowest BCUT2D eigenvalue weighted by Crippen LogP contribution is -2.18. The lowest BCUT2D eigenvalue weighted by molar-refractivity contribution is 0.432. The van der Waals surface area contributed by atoms with E-state index in [2.05, 4.69) is 9.97 Å². The molecule has 0 aliphatic heterocycles. The molecule has 1 aromatic heterocycles. The largest absolute Gasteiger partial charge is 0.505 e. The Hall–Kier alpha value is -2.17. The molecule has 2 rings (SSSR count). The van der Waals surface area contributed by atoms with Gasteiger partial charge < -0.3 is 10.1 Å². The van der Waals surface area contributed by atoms with Gasteiger partial charge >= 0.3 is 0 Å². The van der Waals surface area contributed by atoms with Crippen LogP contribution < -0.4 is 5.56 Å². The van der Waals surface area contributed by atoms with E-state index in [0.29, 0.717) is 22.6 Å². The molecule has 0 spiro atoms. The minimum absolute atomic E-state index is 0.0712. The highest BCUT2D eigenvalue weighted by Crippen LogP contribution is 2.23. The number of aromatic amines is 1. The molecule has 0 atom stereocenters. The van der Waals surface area contributed by atoms with Crippen molar-refractivity contribution in [2.75, 3.05) is 0 Å². The van der Waals surface area contributed by atoms with Crippen molar-refractivity contribution in [3.05, 3.63) is 45.6 Å². The Kier molecular flexibility index (Phi) is 3.38. The van der Waals surface area contributed by atoms with E-state index < -0.39 is 11.6 Å². The summed E-state index contributed by atoms with van der Waals surface area (Å²) in [7, 11) is 0. The molecule has 100 valence electrons. The van der Waals surface area contributed by atoms with Crippen molar-refractivity contribution in [2.45, 2.75) is 26.7 Å². The lowest BCUT2D eigenvalue weighted by atomic mass is 10.0. The zero-order chi connectivity index (χ0) is 14.2. The van der Waals surface area contributed by atoms with Crippen LogP contribution in [0.2, 0.25) is 0 Å². The number of hydrogen-bond acceptors (Lipinski definition) is 3. The SMILES string of the molecule is Cc1nc(-c2ccc(O)c(F)c2)[nH]c(=O)c1C(C)C. The fourth-order valence-electron chi connectivity index (χ4n) is 2.07. The summed E-state index contributed by atoms with van der Waals surface area (Å²) >= 11 is 0. The Balaban J connectivity index is 2.58. The zero-order valence-corrected chi connectivity index (χ0v) is 11.0. The minimum atomic E-state index is -0.745. The number of nitrogens with one attached hydrogen (secondary N) is 1. The Morgan fingerprint density at radius 1 is 1.37 bits per heavy atom. The average Bonchev–Trinajstić information content (AvgIpc) is 2.31. The van der Waals surface area contributed by atoms with Gasteiger partial charge in [-0.25, -0.2) is 9.37 Å². The van der Waals surface area contributed by atoms with Crippen LogP contribution in [0.1, 0.15) is 31.0 Å². The van der Waals surface area contributed by atoms with Crippen LogP contribution in [0.25, 0.3) is 11.4 Å². The Bertz CT molecular complexity index is 678. The van der Waals surface area contributed by atoms with E-state index in [1.165, 1.54) is 12.1 Å². The normalized spacial score (nSPS) is 11.0. The van der Waals surface area contributed by atoms with Gasteiger partial charge in [-0.05, 0) is 31.0 Å². The molecule has 0 aliphatic rings. The predicted molar refractivity (Wildman–Crippen MR) is 70.7 cm³/mol. The summed E-state index contributed by atoms with van der Waals surface area (Å²) in [5.74, 6) is -0.806. The molecule has 0 aliphatic carbocycles.